The van der Waals surface area contributed by atoms with Gasteiger partial charge < -0.3 is 15.5 Å². The maximum atomic E-state index is 11.5. The standard InChI is InChI=1S/C9H16N6O/c1-2-10-9(16)15-4-3-7(5-15)13-8-11-6-12-14-8/h6-7H,2-5H2,1H3,(H,10,16)(H2,11,12,13,14). The monoisotopic (exact) mass is 224 g/mol. The topological polar surface area (TPSA) is 85.9 Å². The van der Waals surface area contributed by atoms with E-state index in [4.69, 9.17) is 0 Å². The minimum atomic E-state index is 0.00405. The highest BCUT2D eigenvalue weighted by molar-refractivity contribution is 5.74. The Hall–Kier alpha value is -1.79. The van der Waals surface area contributed by atoms with Crippen molar-refractivity contribution in [2.75, 3.05) is 25.0 Å². The van der Waals surface area contributed by atoms with Crippen LogP contribution in [0.15, 0.2) is 6.33 Å². The average molecular weight is 224 g/mol. The summed E-state index contributed by atoms with van der Waals surface area (Å²) in [6.07, 6.45) is 2.39. The molecule has 1 aliphatic rings. The van der Waals surface area contributed by atoms with Crippen LogP contribution in [0, 0.1) is 0 Å². The smallest absolute Gasteiger partial charge is 0.317 e. The van der Waals surface area contributed by atoms with Crippen molar-refractivity contribution in [3.05, 3.63) is 6.33 Å². The van der Waals surface area contributed by atoms with Crippen molar-refractivity contribution >= 4 is 12.0 Å². The number of hydrogen-bond acceptors (Lipinski definition) is 4. The van der Waals surface area contributed by atoms with E-state index in [1.165, 1.54) is 6.33 Å². The van der Waals surface area contributed by atoms with Crippen LogP contribution in [0.5, 0.6) is 0 Å². The fourth-order valence-corrected chi connectivity index (χ4v) is 1.79. The van der Waals surface area contributed by atoms with E-state index in [0.29, 0.717) is 19.0 Å². The van der Waals surface area contributed by atoms with Gasteiger partial charge >= 0.3 is 6.03 Å². The molecule has 1 aromatic heterocycles. The number of anilines is 1. The molecule has 1 atom stereocenters. The van der Waals surface area contributed by atoms with Gasteiger partial charge in [-0.1, -0.05) is 0 Å². The summed E-state index contributed by atoms with van der Waals surface area (Å²) in [5.41, 5.74) is 0. The van der Waals surface area contributed by atoms with Gasteiger partial charge in [0.1, 0.15) is 6.33 Å². The first-order valence-corrected chi connectivity index (χ1v) is 5.44. The minimum absolute atomic E-state index is 0.00405. The number of carbonyl (C=O) groups excluding carboxylic acids is 1. The molecule has 1 unspecified atom stereocenters. The van der Waals surface area contributed by atoms with Gasteiger partial charge in [-0.15, -0.1) is 0 Å². The van der Waals surface area contributed by atoms with Gasteiger partial charge in [-0.05, 0) is 13.3 Å². The molecule has 0 spiro atoms. The van der Waals surface area contributed by atoms with E-state index in [9.17, 15) is 4.79 Å². The predicted octanol–water partition coefficient (Wildman–Crippen LogP) is 0.0204. The number of amides is 2. The second-order valence-electron chi connectivity index (χ2n) is 3.75. The van der Waals surface area contributed by atoms with E-state index < -0.39 is 0 Å². The predicted molar refractivity (Wildman–Crippen MR) is 59.1 cm³/mol. The van der Waals surface area contributed by atoms with Crippen LogP contribution in [0.4, 0.5) is 10.7 Å². The molecule has 1 aliphatic heterocycles. The molecule has 0 radical (unpaired) electrons. The molecule has 1 fully saturated rings. The van der Waals surface area contributed by atoms with E-state index in [0.717, 1.165) is 13.0 Å². The Morgan fingerprint density at radius 3 is 3.31 bits per heavy atom. The summed E-state index contributed by atoms with van der Waals surface area (Å²) >= 11 is 0. The lowest BCUT2D eigenvalue weighted by atomic mass is 10.3. The Morgan fingerprint density at radius 1 is 1.75 bits per heavy atom. The van der Waals surface area contributed by atoms with Gasteiger partial charge in [0.05, 0.1) is 0 Å². The zero-order valence-electron chi connectivity index (χ0n) is 9.23. The van der Waals surface area contributed by atoms with Crippen molar-refractivity contribution in [1.82, 2.24) is 25.4 Å². The molecule has 3 N–H and O–H groups in total. The van der Waals surface area contributed by atoms with Crippen LogP contribution in [0.1, 0.15) is 13.3 Å². The van der Waals surface area contributed by atoms with Gasteiger partial charge in [-0.3, -0.25) is 0 Å². The third-order valence-corrected chi connectivity index (χ3v) is 2.56. The first-order chi connectivity index (χ1) is 7.79. The fourth-order valence-electron chi connectivity index (χ4n) is 1.79. The van der Waals surface area contributed by atoms with Crippen molar-refractivity contribution in [3.63, 3.8) is 0 Å². The number of urea groups is 1. The summed E-state index contributed by atoms with van der Waals surface area (Å²) in [6, 6.07) is 0.250. The lowest BCUT2D eigenvalue weighted by Crippen LogP contribution is -2.39. The lowest BCUT2D eigenvalue weighted by Gasteiger charge is -2.16. The fraction of sp³-hybridized carbons (Fsp3) is 0.667. The van der Waals surface area contributed by atoms with Crippen molar-refractivity contribution in [2.24, 2.45) is 0 Å². The van der Waals surface area contributed by atoms with Crippen LogP contribution in [-0.2, 0) is 0 Å². The Balaban J connectivity index is 1.81. The number of rotatable bonds is 3. The van der Waals surface area contributed by atoms with Crippen molar-refractivity contribution in [2.45, 2.75) is 19.4 Å². The number of H-pyrrole nitrogens is 1. The molecule has 88 valence electrons. The van der Waals surface area contributed by atoms with Crippen LogP contribution >= 0.6 is 0 Å². The molecule has 16 heavy (non-hydrogen) atoms. The van der Waals surface area contributed by atoms with Crippen LogP contribution in [0.25, 0.3) is 0 Å². The second kappa shape index (κ2) is 4.82. The molecular formula is C9H16N6O. The summed E-state index contributed by atoms with van der Waals surface area (Å²) in [5, 5.41) is 12.5. The van der Waals surface area contributed by atoms with Crippen LogP contribution in [0.3, 0.4) is 0 Å². The average Bonchev–Trinajstić information content (AvgIpc) is 2.90. The van der Waals surface area contributed by atoms with Crippen molar-refractivity contribution in [3.8, 4) is 0 Å². The lowest BCUT2D eigenvalue weighted by molar-refractivity contribution is 0.209. The number of likely N-dealkylation sites (tertiary alicyclic amines) is 1. The van der Waals surface area contributed by atoms with Gasteiger partial charge in [-0.2, -0.15) is 5.10 Å². The Morgan fingerprint density at radius 2 is 2.62 bits per heavy atom. The summed E-state index contributed by atoms with van der Waals surface area (Å²) in [7, 11) is 0. The molecule has 1 saturated heterocycles. The first kappa shape index (κ1) is 10.7. The van der Waals surface area contributed by atoms with Gasteiger partial charge in [0.2, 0.25) is 5.95 Å². The second-order valence-corrected chi connectivity index (χ2v) is 3.75. The number of nitrogens with zero attached hydrogens (tertiary/aromatic N) is 3. The zero-order chi connectivity index (χ0) is 11.4. The Labute approximate surface area is 93.6 Å². The van der Waals surface area contributed by atoms with Gasteiger partial charge in [0.15, 0.2) is 0 Å². The SMILES string of the molecule is CCNC(=O)N1CCC(Nc2ncn[nH]2)C1. The highest BCUT2D eigenvalue weighted by atomic mass is 16.2. The molecule has 0 aromatic carbocycles. The van der Waals surface area contributed by atoms with Gasteiger partial charge in [0.25, 0.3) is 0 Å². The third kappa shape index (κ3) is 2.41. The number of nitrogens with one attached hydrogen (secondary N) is 3. The molecule has 7 nitrogen and oxygen atoms in total. The van der Waals surface area contributed by atoms with Crippen molar-refractivity contribution < 1.29 is 4.79 Å². The molecule has 0 bridgehead atoms. The molecule has 2 heterocycles. The highest BCUT2D eigenvalue weighted by Gasteiger charge is 2.26. The molecule has 2 amide bonds. The largest absolute Gasteiger partial charge is 0.350 e. The van der Waals surface area contributed by atoms with E-state index in [-0.39, 0.29) is 12.1 Å². The van der Waals surface area contributed by atoms with Gasteiger partial charge in [0, 0.05) is 25.7 Å². The number of aromatic amines is 1. The maximum Gasteiger partial charge on any atom is 0.317 e. The van der Waals surface area contributed by atoms with E-state index in [1.807, 2.05) is 6.92 Å². The molecule has 0 saturated carbocycles. The highest BCUT2D eigenvalue weighted by Crippen LogP contribution is 2.12. The minimum Gasteiger partial charge on any atom is -0.350 e. The van der Waals surface area contributed by atoms with Crippen molar-refractivity contribution in [1.29, 1.82) is 0 Å². The first-order valence-electron chi connectivity index (χ1n) is 5.44. The molecule has 2 rings (SSSR count). The number of carbonyl (C=O) groups is 1. The van der Waals surface area contributed by atoms with Crippen LogP contribution in [0.2, 0.25) is 0 Å². The normalized spacial score (nSPS) is 19.8. The summed E-state index contributed by atoms with van der Waals surface area (Å²) in [5.74, 6) is 0.655. The number of hydrogen-bond donors (Lipinski definition) is 3. The van der Waals surface area contributed by atoms with E-state index >= 15 is 0 Å². The molecule has 1 aromatic rings. The Bertz CT molecular complexity index is 338. The third-order valence-electron chi connectivity index (χ3n) is 2.56. The Kier molecular flexibility index (Phi) is 3.23. The molecule has 7 heteroatoms. The quantitative estimate of drug-likeness (QED) is 0.675. The van der Waals surface area contributed by atoms with Gasteiger partial charge in [-0.25, -0.2) is 14.9 Å². The number of aromatic nitrogens is 3. The zero-order valence-corrected chi connectivity index (χ0v) is 9.23. The van der Waals surface area contributed by atoms with Crippen LogP contribution in [-0.4, -0.2) is 51.8 Å². The molecular weight excluding hydrogens is 208 g/mol. The van der Waals surface area contributed by atoms with Crippen LogP contribution < -0.4 is 10.6 Å². The molecule has 0 aliphatic carbocycles. The van der Waals surface area contributed by atoms with E-state index in [2.05, 4.69) is 25.8 Å². The maximum absolute atomic E-state index is 11.5. The summed E-state index contributed by atoms with van der Waals surface area (Å²) in [4.78, 5) is 17.3. The summed E-state index contributed by atoms with van der Waals surface area (Å²) in [6.45, 7) is 4.05. The summed E-state index contributed by atoms with van der Waals surface area (Å²) < 4.78 is 0. The van der Waals surface area contributed by atoms with E-state index in [1.54, 1.807) is 4.90 Å².